The average molecular weight is 929 g/mol. The lowest BCUT2D eigenvalue weighted by Gasteiger charge is -2.20. The normalized spacial score (nSPS) is 12.8. The van der Waals surface area contributed by atoms with Gasteiger partial charge in [0.05, 0.1) is 25.4 Å². The lowest BCUT2D eigenvalue weighted by atomic mass is 10.0. The summed E-state index contributed by atoms with van der Waals surface area (Å²) < 4.78 is 5.48. The van der Waals surface area contributed by atoms with Crippen molar-refractivity contribution in [2.24, 2.45) is 0 Å². The van der Waals surface area contributed by atoms with Crippen molar-refractivity contribution >= 4 is 11.9 Å². The van der Waals surface area contributed by atoms with E-state index in [9.17, 15) is 19.8 Å². The quantitative estimate of drug-likeness (QED) is 0.0321. The van der Waals surface area contributed by atoms with Crippen LogP contribution in [0.15, 0.2) is 36.5 Å². The van der Waals surface area contributed by atoms with Crippen LogP contribution in [0.4, 0.5) is 0 Å². The largest absolute Gasteiger partial charge is 0.466 e. The Kier molecular flexibility index (Phi) is 54.1. The second-order valence-corrected chi connectivity index (χ2v) is 20.0. The molecule has 0 saturated carbocycles. The number of rotatable bonds is 54. The number of amides is 1. The van der Waals surface area contributed by atoms with E-state index in [-0.39, 0.29) is 18.5 Å². The number of carbonyl (C=O) groups is 2. The molecule has 0 radical (unpaired) electrons. The van der Waals surface area contributed by atoms with E-state index in [1.807, 2.05) is 6.08 Å². The van der Waals surface area contributed by atoms with E-state index in [0.29, 0.717) is 19.4 Å². The maximum Gasteiger partial charge on any atom is 0.305 e. The molecule has 0 aliphatic rings. The summed E-state index contributed by atoms with van der Waals surface area (Å²) in [4.78, 5) is 24.4. The first-order valence-electron chi connectivity index (χ1n) is 29.3. The molecule has 2 atom stereocenters. The van der Waals surface area contributed by atoms with Crippen LogP contribution in [0.5, 0.6) is 0 Å². The topological polar surface area (TPSA) is 95.9 Å². The molecule has 1 amide bonds. The van der Waals surface area contributed by atoms with Gasteiger partial charge in [0.15, 0.2) is 0 Å². The number of esters is 1. The van der Waals surface area contributed by atoms with E-state index in [4.69, 9.17) is 4.74 Å². The van der Waals surface area contributed by atoms with Crippen LogP contribution in [0.1, 0.15) is 309 Å². The smallest absolute Gasteiger partial charge is 0.305 e. The maximum atomic E-state index is 12.4. The van der Waals surface area contributed by atoms with Gasteiger partial charge in [0.1, 0.15) is 0 Å². The van der Waals surface area contributed by atoms with E-state index in [0.717, 1.165) is 51.4 Å². The summed E-state index contributed by atoms with van der Waals surface area (Å²) in [5.41, 5.74) is 0. The van der Waals surface area contributed by atoms with Crippen LogP contribution >= 0.6 is 0 Å². The Balaban J connectivity index is 3.35. The highest BCUT2D eigenvalue weighted by Crippen LogP contribution is 2.17. The lowest BCUT2D eigenvalue weighted by molar-refractivity contribution is -0.143. The van der Waals surface area contributed by atoms with Crippen LogP contribution < -0.4 is 5.32 Å². The fourth-order valence-electron chi connectivity index (χ4n) is 8.90. The molecule has 0 aliphatic heterocycles. The Morgan fingerprint density at radius 3 is 1.17 bits per heavy atom. The first-order valence-corrected chi connectivity index (χ1v) is 29.3. The molecular formula is C60H113NO5. The van der Waals surface area contributed by atoms with Crippen molar-refractivity contribution in [1.29, 1.82) is 0 Å². The first-order chi connectivity index (χ1) is 32.5. The van der Waals surface area contributed by atoms with E-state index >= 15 is 0 Å². The fourth-order valence-corrected chi connectivity index (χ4v) is 8.90. The second kappa shape index (κ2) is 55.7. The van der Waals surface area contributed by atoms with Crippen molar-refractivity contribution in [3.05, 3.63) is 36.5 Å². The number of aliphatic hydroxyl groups is 2. The van der Waals surface area contributed by atoms with E-state index in [1.165, 1.54) is 231 Å². The van der Waals surface area contributed by atoms with Crippen LogP contribution in [0.3, 0.4) is 0 Å². The molecule has 0 spiro atoms. The molecule has 0 aliphatic carbocycles. The van der Waals surface area contributed by atoms with Gasteiger partial charge in [-0.1, -0.05) is 269 Å². The number of nitrogens with one attached hydrogen (secondary N) is 1. The van der Waals surface area contributed by atoms with Crippen LogP contribution in [-0.2, 0) is 14.3 Å². The Labute approximate surface area is 411 Å². The first kappa shape index (κ1) is 64.1. The van der Waals surface area contributed by atoms with Crippen LogP contribution in [0.2, 0.25) is 0 Å². The highest BCUT2D eigenvalue weighted by Gasteiger charge is 2.18. The number of allylic oxidation sites excluding steroid dienone is 5. The zero-order valence-corrected chi connectivity index (χ0v) is 44.2. The minimum absolute atomic E-state index is 0.00109. The third kappa shape index (κ3) is 51.5. The van der Waals surface area contributed by atoms with Crippen molar-refractivity contribution in [1.82, 2.24) is 5.32 Å². The molecule has 66 heavy (non-hydrogen) atoms. The standard InChI is InChI=1S/C60H113NO5/c1-3-5-7-9-11-13-14-15-16-28-31-34-38-42-46-50-54-60(65)66-55-51-47-43-39-35-32-29-26-24-22-20-18-17-19-21-23-25-27-30-33-37-41-45-49-53-59(64)61-57(56-62)58(63)52-48-44-40-36-12-10-8-6-4-2/h13-14,16,28,48,52,57-58,62-63H,3-12,15,17-27,29-47,49-51,53-56H2,1-2H3,(H,61,64)/b14-13-,28-16-,52-48+. The Hall–Kier alpha value is -1.92. The number of carbonyl (C=O) groups excluding carboxylic acids is 2. The molecule has 0 aromatic rings. The van der Waals surface area contributed by atoms with Gasteiger partial charge in [-0.15, -0.1) is 0 Å². The van der Waals surface area contributed by atoms with Crippen molar-refractivity contribution < 1.29 is 24.5 Å². The molecule has 0 heterocycles. The van der Waals surface area contributed by atoms with Gasteiger partial charge < -0.3 is 20.3 Å². The highest BCUT2D eigenvalue weighted by atomic mass is 16.5. The highest BCUT2D eigenvalue weighted by molar-refractivity contribution is 5.76. The summed E-state index contributed by atoms with van der Waals surface area (Å²) in [5, 5.41) is 22.9. The van der Waals surface area contributed by atoms with Crippen molar-refractivity contribution in [2.45, 2.75) is 321 Å². The molecule has 0 aromatic heterocycles. The van der Waals surface area contributed by atoms with E-state index in [1.54, 1.807) is 6.08 Å². The third-order valence-corrected chi connectivity index (χ3v) is 13.4. The number of ether oxygens (including phenoxy) is 1. The van der Waals surface area contributed by atoms with E-state index in [2.05, 4.69) is 43.5 Å². The van der Waals surface area contributed by atoms with Gasteiger partial charge in [-0.05, 0) is 64.2 Å². The fraction of sp³-hybridized carbons (Fsp3) is 0.867. The van der Waals surface area contributed by atoms with Crippen molar-refractivity contribution in [3.63, 3.8) is 0 Å². The van der Waals surface area contributed by atoms with E-state index < -0.39 is 12.1 Å². The molecule has 0 rings (SSSR count). The molecule has 0 aromatic carbocycles. The van der Waals surface area contributed by atoms with Gasteiger partial charge in [0.2, 0.25) is 5.91 Å². The Morgan fingerprint density at radius 2 is 0.758 bits per heavy atom. The maximum absolute atomic E-state index is 12.4. The average Bonchev–Trinajstić information content (AvgIpc) is 3.32. The zero-order valence-electron chi connectivity index (χ0n) is 44.2. The summed E-state index contributed by atoms with van der Waals surface area (Å²) in [7, 11) is 0. The van der Waals surface area contributed by atoms with Crippen LogP contribution in [0.25, 0.3) is 0 Å². The van der Waals surface area contributed by atoms with Gasteiger partial charge in [0, 0.05) is 12.8 Å². The van der Waals surface area contributed by atoms with Gasteiger partial charge in [-0.2, -0.15) is 0 Å². The molecule has 6 heteroatoms. The Morgan fingerprint density at radius 1 is 0.424 bits per heavy atom. The van der Waals surface area contributed by atoms with Gasteiger partial charge >= 0.3 is 5.97 Å². The SMILES string of the molecule is CCCCCC/C=C\C/C=C\CCCCCCCC(=O)OCCCCCCCCCCCCCCCCCCCCCCCCCCC(=O)NC(CO)C(O)/C=C/CCCCCCCCC. The number of unbranched alkanes of at least 4 members (excludes halogenated alkanes) is 39. The summed E-state index contributed by atoms with van der Waals surface area (Å²) in [5.74, 6) is -0.0685. The summed E-state index contributed by atoms with van der Waals surface area (Å²) in [6.45, 7) is 4.86. The molecule has 2 unspecified atom stereocenters. The van der Waals surface area contributed by atoms with Crippen molar-refractivity contribution in [2.75, 3.05) is 13.2 Å². The zero-order chi connectivity index (χ0) is 47.9. The molecular weight excluding hydrogens is 815 g/mol. The predicted molar refractivity (Wildman–Crippen MR) is 287 cm³/mol. The molecule has 6 nitrogen and oxygen atoms in total. The van der Waals surface area contributed by atoms with Crippen molar-refractivity contribution in [3.8, 4) is 0 Å². The number of hydrogen-bond acceptors (Lipinski definition) is 5. The summed E-state index contributed by atoms with van der Waals surface area (Å²) in [6.07, 6.45) is 69.0. The van der Waals surface area contributed by atoms with Crippen LogP contribution in [-0.4, -0.2) is 47.4 Å². The summed E-state index contributed by atoms with van der Waals surface area (Å²) >= 11 is 0. The monoisotopic (exact) mass is 928 g/mol. The van der Waals surface area contributed by atoms with Gasteiger partial charge in [-0.25, -0.2) is 0 Å². The minimum Gasteiger partial charge on any atom is -0.466 e. The molecule has 0 bridgehead atoms. The van der Waals surface area contributed by atoms with Crippen LogP contribution in [0, 0.1) is 0 Å². The lowest BCUT2D eigenvalue weighted by Crippen LogP contribution is -2.45. The second-order valence-electron chi connectivity index (χ2n) is 20.0. The number of hydrogen-bond donors (Lipinski definition) is 3. The predicted octanol–water partition coefficient (Wildman–Crippen LogP) is 18.0. The summed E-state index contributed by atoms with van der Waals surface area (Å²) in [6, 6.07) is -0.625. The third-order valence-electron chi connectivity index (χ3n) is 13.4. The molecule has 0 saturated heterocycles. The molecule has 388 valence electrons. The number of aliphatic hydroxyl groups excluding tert-OH is 2. The van der Waals surface area contributed by atoms with Gasteiger partial charge in [0.25, 0.3) is 0 Å². The molecule has 3 N–H and O–H groups in total. The Bertz CT molecular complexity index is 1070. The molecule has 0 fully saturated rings. The van der Waals surface area contributed by atoms with Gasteiger partial charge in [-0.3, -0.25) is 9.59 Å². The minimum atomic E-state index is -0.841.